The second-order valence-electron chi connectivity index (χ2n) is 5.34. The van der Waals surface area contributed by atoms with E-state index >= 15 is 0 Å². The fourth-order valence-electron chi connectivity index (χ4n) is 2.33. The van der Waals surface area contributed by atoms with Crippen molar-refractivity contribution in [1.82, 2.24) is 9.78 Å². The van der Waals surface area contributed by atoms with Gasteiger partial charge in [0.1, 0.15) is 0 Å². The van der Waals surface area contributed by atoms with E-state index in [1.165, 1.54) is 12.3 Å². The fraction of sp³-hybridized carbons (Fsp3) is 0.333. The minimum atomic E-state index is -3.89. The van der Waals surface area contributed by atoms with Gasteiger partial charge in [-0.25, -0.2) is 13.2 Å². The number of nitrogens with one attached hydrogen (secondary N) is 1. The van der Waals surface area contributed by atoms with Crippen LogP contribution in [-0.4, -0.2) is 29.3 Å². The van der Waals surface area contributed by atoms with Crippen LogP contribution < -0.4 is 4.72 Å². The Kier molecular flexibility index (Phi) is 4.74. The van der Waals surface area contributed by atoms with Gasteiger partial charge < -0.3 is 5.11 Å². The van der Waals surface area contributed by atoms with Crippen molar-refractivity contribution < 1.29 is 18.3 Å². The van der Waals surface area contributed by atoms with Crippen LogP contribution >= 0.6 is 0 Å². The number of aryl methyl sites for hydroxylation is 3. The zero-order valence-electron chi connectivity index (χ0n) is 13.2. The molecule has 2 rings (SSSR count). The molecule has 1 aromatic carbocycles. The molecule has 2 N–H and O–H groups in total. The number of aromatic carboxylic acids is 1. The molecule has 7 nitrogen and oxygen atoms in total. The van der Waals surface area contributed by atoms with Crippen LogP contribution in [0, 0.1) is 13.8 Å². The molecule has 0 unspecified atom stereocenters. The van der Waals surface area contributed by atoms with E-state index < -0.39 is 16.0 Å². The van der Waals surface area contributed by atoms with E-state index in [1.807, 2.05) is 6.92 Å². The molecule has 0 atom stereocenters. The van der Waals surface area contributed by atoms with Crippen LogP contribution in [0.25, 0.3) is 0 Å². The number of benzene rings is 1. The Balaban J connectivity index is 2.38. The Bertz CT molecular complexity index is 840. The number of hydrogen-bond donors (Lipinski definition) is 2. The van der Waals surface area contributed by atoms with Gasteiger partial charge in [-0.05, 0) is 37.5 Å². The first-order chi connectivity index (χ1) is 10.7. The first-order valence-corrected chi connectivity index (χ1v) is 8.62. The molecule has 0 spiro atoms. The molecule has 0 aliphatic heterocycles. The molecule has 0 fully saturated rings. The maximum absolute atomic E-state index is 12.5. The zero-order valence-corrected chi connectivity index (χ0v) is 14.0. The van der Waals surface area contributed by atoms with Gasteiger partial charge in [0.05, 0.1) is 22.3 Å². The van der Waals surface area contributed by atoms with Crippen molar-refractivity contribution in [3.63, 3.8) is 0 Å². The fourth-order valence-corrected chi connectivity index (χ4v) is 3.61. The van der Waals surface area contributed by atoms with Crippen LogP contribution in [0.2, 0.25) is 0 Å². The number of carboxylic acid groups (broad SMARTS) is 1. The number of rotatable bonds is 6. The van der Waals surface area contributed by atoms with Crippen molar-refractivity contribution >= 4 is 21.7 Å². The van der Waals surface area contributed by atoms with Crippen LogP contribution in [0.15, 0.2) is 29.4 Å². The van der Waals surface area contributed by atoms with Crippen molar-refractivity contribution in [2.45, 2.75) is 38.6 Å². The summed E-state index contributed by atoms with van der Waals surface area (Å²) in [5.41, 5.74) is 1.32. The molecule has 124 valence electrons. The third kappa shape index (κ3) is 3.70. The van der Waals surface area contributed by atoms with Crippen molar-refractivity contribution in [2.24, 2.45) is 0 Å². The van der Waals surface area contributed by atoms with Crippen molar-refractivity contribution in [3.05, 3.63) is 41.2 Å². The molecule has 8 heteroatoms. The summed E-state index contributed by atoms with van der Waals surface area (Å²) >= 11 is 0. The molecular weight excluding hydrogens is 318 g/mol. The van der Waals surface area contributed by atoms with Gasteiger partial charge in [0.15, 0.2) is 0 Å². The first-order valence-electron chi connectivity index (χ1n) is 7.14. The smallest absolute Gasteiger partial charge is 0.335 e. The minimum Gasteiger partial charge on any atom is -0.478 e. The van der Waals surface area contributed by atoms with Crippen molar-refractivity contribution in [3.8, 4) is 0 Å². The monoisotopic (exact) mass is 337 g/mol. The lowest BCUT2D eigenvalue weighted by Gasteiger charge is -2.11. The quantitative estimate of drug-likeness (QED) is 0.843. The van der Waals surface area contributed by atoms with Crippen LogP contribution in [0.1, 0.15) is 34.8 Å². The lowest BCUT2D eigenvalue weighted by molar-refractivity contribution is 0.0696. The van der Waals surface area contributed by atoms with Gasteiger partial charge >= 0.3 is 5.97 Å². The van der Waals surface area contributed by atoms with Gasteiger partial charge in [0, 0.05) is 12.7 Å². The third-order valence-electron chi connectivity index (χ3n) is 3.38. The van der Waals surface area contributed by atoms with Gasteiger partial charge in [-0.2, -0.15) is 5.10 Å². The van der Waals surface area contributed by atoms with Gasteiger partial charge in [-0.15, -0.1) is 0 Å². The standard InChI is InChI=1S/C15H19N3O4S/c1-4-5-18-9-12(8-16-18)17-23(21,22)14-7-13(15(19)20)10(2)6-11(14)3/h6-9,17H,4-5H2,1-3H3,(H,19,20). The summed E-state index contributed by atoms with van der Waals surface area (Å²) in [5.74, 6) is -1.16. The molecule has 0 radical (unpaired) electrons. The molecule has 0 aliphatic rings. The molecule has 1 heterocycles. The number of hydrogen-bond acceptors (Lipinski definition) is 4. The van der Waals surface area contributed by atoms with Crippen molar-refractivity contribution in [2.75, 3.05) is 4.72 Å². The molecule has 0 bridgehead atoms. The van der Waals surface area contributed by atoms with Gasteiger partial charge in [-0.3, -0.25) is 9.40 Å². The third-order valence-corrected chi connectivity index (χ3v) is 4.90. The van der Waals surface area contributed by atoms with E-state index in [-0.39, 0.29) is 10.5 Å². The second kappa shape index (κ2) is 6.41. The summed E-state index contributed by atoms with van der Waals surface area (Å²) in [6.45, 7) is 5.95. The number of carboxylic acids is 1. The highest BCUT2D eigenvalue weighted by atomic mass is 32.2. The van der Waals surface area contributed by atoms with Crippen LogP contribution in [0.3, 0.4) is 0 Å². The second-order valence-corrected chi connectivity index (χ2v) is 6.99. The predicted octanol–water partition coefficient (Wildman–Crippen LogP) is 2.41. The largest absolute Gasteiger partial charge is 0.478 e. The molecule has 0 amide bonds. The van der Waals surface area contributed by atoms with Gasteiger partial charge in [-0.1, -0.05) is 13.0 Å². The van der Waals surface area contributed by atoms with Crippen molar-refractivity contribution in [1.29, 1.82) is 0 Å². The highest BCUT2D eigenvalue weighted by molar-refractivity contribution is 7.92. The van der Waals surface area contributed by atoms with E-state index in [9.17, 15) is 18.3 Å². The average Bonchev–Trinajstić information content (AvgIpc) is 2.84. The summed E-state index contributed by atoms with van der Waals surface area (Å²) in [7, 11) is -3.89. The van der Waals surface area contributed by atoms with E-state index in [0.29, 0.717) is 23.4 Å². The average molecular weight is 337 g/mol. The Labute approximate surface area is 135 Å². The minimum absolute atomic E-state index is 0.0300. The molecule has 2 aromatic rings. The first kappa shape index (κ1) is 17.0. The molecule has 0 saturated heterocycles. The Morgan fingerprint density at radius 2 is 2.00 bits per heavy atom. The van der Waals surface area contributed by atoms with E-state index in [1.54, 1.807) is 30.8 Å². The Morgan fingerprint density at radius 3 is 2.61 bits per heavy atom. The number of nitrogens with zero attached hydrogens (tertiary/aromatic N) is 2. The lowest BCUT2D eigenvalue weighted by atomic mass is 10.1. The molecule has 23 heavy (non-hydrogen) atoms. The lowest BCUT2D eigenvalue weighted by Crippen LogP contribution is -2.15. The normalized spacial score (nSPS) is 11.4. The predicted molar refractivity (Wildman–Crippen MR) is 86.2 cm³/mol. The Morgan fingerprint density at radius 1 is 1.30 bits per heavy atom. The van der Waals surface area contributed by atoms with Gasteiger partial charge in [0.2, 0.25) is 0 Å². The number of carbonyl (C=O) groups is 1. The Hall–Kier alpha value is -2.35. The van der Waals surface area contributed by atoms with E-state index in [2.05, 4.69) is 9.82 Å². The summed E-state index contributed by atoms with van der Waals surface area (Å²) < 4.78 is 29.1. The summed E-state index contributed by atoms with van der Waals surface area (Å²) in [6, 6.07) is 2.74. The summed E-state index contributed by atoms with van der Waals surface area (Å²) in [6.07, 6.45) is 3.91. The maximum Gasteiger partial charge on any atom is 0.335 e. The highest BCUT2D eigenvalue weighted by Gasteiger charge is 2.21. The number of sulfonamides is 1. The van der Waals surface area contributed by atoms with E-state index in [4.69, 9.17) is 0 Å². The maximum atomic E-state index is 12.5. The molecule has 1 aromatic heterocycles. The molecular formula is C15H19N3O4S. The molecule has 0 aliphatic carbocycles. The number of anilines is 1. The SMILES string of the molecule is CCCn1cc(NS(=O)(=O)c2cc(C(=O)O)c(C)cc2C)cn1. The summed E-state index contributed by atoms with van der Waals surface area (Å²) in [5, 5.41) is 13.2. The zero-order chi connectivity index (χ0) is 17.2. The van der Waals surface area contributed by atoms with Gasteiger partial charge in [0.25, 0.3) is 10.0 Å². The van der Waals surface area contributed by atoms with Crippen LogP contribution in [0.5, 0.6) is 0 Å². The highest BCUT2D eigenvalue weighted by Crippen LogP contribution is 2.23. The van der Waals surface area contributed by atoms with Crippen LogP contribution in [0.4, 0.5) is 5.69 Å². The number of aromatic nitrogens is 2. The topological polar surface area (TPSA) is 101 Å². The molecule has 0 saturated carbocycles. The van der Waals surface area contributed by atoms with Crippen LogP contribution in [-0.2, 0) is 16.6 Å². The van der Waals surface area contributed by atoms with E-state index in [0.717, 1.165) is 6.42 Å². The summed E-state index contributed by atoms with van der Waals surface area (Å²) in [4.78, 5) is 11.2.